The van der Waals surface area contributed by atoms with E-state index in [0.29, 0.717) is 17.1 Å². The van der Waals surface area contributed by atoms with Crippen LogP contribution in [-0.4, -0.2) is 11.7 Å². The summed E-state index contributed by atoms with van der Waals surface area (Å²) in [5.74, 6) is 0. The first-order valence-corrected chi connectivity index (χ1v) is 6.24. The van der Waals surface area contributed by atoms with E-state index in [1.165, 1.54) is 0 Å². The Morgan fingerprint density at radius 1 is 1.11 bits per heavy atom. The Labute approximate surface area is 117 Å². The highest BCUT2D eigenvalue weighted by Crippen LogP contribution is 2.17. The molecule has 4 heteroatoms. The fraction of sp³-hybridized carbons (Fsp3) is 0.133. The molecule has 0 aliphatic heterocycles. The van der Waals surface area contributed by atoms with Crippen molar-refractivity contribution in [2.45, 2.75) is 6.10 Å². The van der Waals surface area contributed by atoms with E-state index in [0.717, 1.165) is 11.3 Å². The van der Waals surface area contributed by atoms with Crippen LogP contribution >= 0.6 is 11.6 Å². The summed E-state index contributed by atoms with van der Waals surface area (Å²) in [6.07, 6.45) is -0.622. The Morgan fingerprint density at radius 2 is 1.74 bits per heavy atom. The summed E-state index contributed by atoms with van der Waals surface area (Å²) in [5, 5.41) is 22.5. The first kappa shape index (κ1) is 13.4. The van der Waals surface area contributed by atoms with Gasteiger partial charge in [0, 0.05) is 17.3 Å². The predicted octanol–water partition coefficient (Wildman–Crippen LogP) is 3.36. The number of anilines is 1. The number of halogens is 1. The third-order valence-corrected chi connectivity index (χ3v) is 3.02. The smallest absolute Gasteiger partial charge is 0.0991 e. The molecule has 2 aromatic rings. The van der Waals surface area contributed by atoms with Gasteiger partial charge < -0.3 is 10.4 Å². The lowest BCUT2D eigenvalue weighted by molar-refractivity contribution is 0.191. The van der Waals surface area contributed by atoms with Gasteiger partial charge in [0.1, 0.15) is 0 Å². The molecule has 19 heavy (non-hydrogen) atoms. The second-order valence-corrected chi connectivity index (χ2v) is 4.57. The minimum absolute atomic E-state index is 0.396. The topological polar surface area (TPSA) is 56.0 Å². The highest BCUT2D eigenvalue weighted by molar-refractivity contribution is 6.30. The Bertz CT molecular complexity index is 573. The van der Waals surface area contributed by atoms with Gasteiger partial charge in [-0.1, -0.05) is 23.7 Å². The van der Waals surface area contributed by atoms with Gasteiger partial charge in [-0.15, -0.1) is 0 Å². The van der Waals surface area contributed by atoms with Crippen LogP contribution in [-0.2, 0) is 0 Å². The van der Waals surface area contributed by atoms with Gasteiger partial charge in [-0.3, -0.25) is 0 Å². The van der Waals surface area contributed by atoms with Crippen molar-refractivity contribution in [3.8, 4) is 6.07 Å². The molecule has 2 rings (SSSR count). The molecule has 2 aromatic carbocycles. The normalized spacial score (nSPS) is 11.6. The molecule has 0 fully saturated rings. The van der Waals surface area contributed by atoms with Gasteiger partial charge in [-0.05, 0) is 42.0 Å². The Balaban J connectivity index is 1.95. The summed E-state index contributed by atoms with van der Waals surface area (Å²) >= 11 is 5.80. The number of nitriles is 1. The van der Waals surface area contributed by atoms with E-state index in [4.69, 9.17) is 16.9 Å². The number of nitrogens with zero attached hydrogens (tertiary/aromatic N) is 1. The van der Waals surface area contributed by atoms with Gasteiger partial charge in [-0.25, -0.2) is 0 Å². The van der Waals surface area contributed by atoms with Gasteiger partial charge in [0.2, 0.25) is 0 Å². The van der Waals surface area contributed by atoms with Crippen molar-refractivity contribution in [3.05, 3.63) is 64.7 Å². The molecule has 0 amide bonds. The van der Waals surface area contributed by atoms with Crippen molar-refractivity contribution in [3.63, 3.8) is 0 Å². The number of aliphatic hydroxyl groups excluding tert-OH is 1. The van der Waals surface area contributed by atoms with Crippen LogP contribution in [0.25, 0.3) is 0 Å². The van der Waals surface area contributed by atoms with Gasteiger partial charge in [-0.2, -0.15) is 5.26 Å². The molecule has 0 saturated carbocycles. The zero-order chi connectivity index (χ0) is 13.7. The number of nitrogens with one attached hydrogen (secondary N) is 1. The summed E-state index contributed by atoms with van der Waals surface area (Å²) < 4.78 is 0. The number of aliphatic hydroxyl groups is 1. The lowest BCUT2D eigenvalue weighted by Crippen LogP contribution is -2.11. The largest absolute Gasteiger partial charge is 0.387 e. The average Bonchev–Trinajstić information content (AvgIpc) is 2.46. The van der Waals surface area contributed by atoms with Crippen LogP contribution in [0.1, 0.15) is 17.2 Å². The first-order valence-electron chi connectivity index (χ1n) is 5.86. The van der Waals surface area contributed by atoms with E-state index in [2.05, 4.69) is 5.32 Å². The molecule has 96 valence electrons. The van der Waals surface area contributed by atoms with Gasteiger partial charge in [0.25, 0.3) is 0 Å². The highest BCUT2D eigenvalue weighted by Gasteiger charge is 2.07. The zero-order valence-electron chi connectivity index (χ0n) is 10.2. The number of rotatable bonds is 4. The lowest BCUT2D eigenvalue weighted by Gasteiger charge is -2.13. The number of hydrogen-bond acceptors (Lipinski definition) is 3. The minimum atomic E-state index is -0.622. The van der Waals surface area contributed by atoms with Crippen molar-refractivity contribution in [1.82, 2.24) is 0 Å². The molecule has 0 spiro atoms. The standard InChI is InChI=1S/C15H13ClN2O/c16-13-5-7-14(8-6-13)18-10-15(19)12-3-1-11(9-17)2-4-12/h1-8,15,18-19H,10H2. The molecule has 0 aliphatic rings. The molecule has 1 atom stereocenters. The summed E-state index contributed by atoms with van der Waals surface area (Å²) in [6.45, 7) is 0.396. The van der Waals surface area contributed by atoms with E-state index in [1.54, 1.807) is 36.4 Å². The maximum Gasteiger partial charge on any atom is 0.0991 e. The van der Waals surface area contributed by atoms with E-state index in [9.17, 15) is 5.11 Å². The second kappa shape index (κ2) is 6.24. The maximum atomic E-state index is 10.0. The molecule has 0 heterocycles. The third kappa shape index (κ3) is 3.72. The van der Waals surface area contributed by atoms with Crippen molar-refractivity contribution < 1.29 is 5.11 Å². The van der Waals surface area contributed by atoms with Crippen LogP contribution < -0.4 is 5.32 Å². The first-order chi connectivity index (χ1) is 9.19. The summed E-state index contributed by atoms with van der Waals surface area (Å²) in [5.41, 5.74) is 2.26. The molecule has 0 radical (unpaired) electrons. The molecule has 3 nitrogen and oxygen atoms in total. The van der Waals surface area contributed by atoms with Gasteiger partial charge >= 0.3 is 0 Å². The fourth-order valence-corrected chi connectivity index (χ4v) is 1.81. The average molecular weight is 273 g/mol. The van der Waals surface area contributed by atoms with Gasteiger partial charge in [0.05, 0.1) is 17.7 Å². The summed E-state index contributed by atoms with van der Waals surface area (Å²) in [7, 11) is 0. The molecule has 0 aliphatic carbocycles. The van der Waals surface area contributed by atoms with E-state index in [-0.39, 0.29) is 0 Å². The third-order valence-electron chi connectivity index (χ3n) is 2.77. The fourth-order valence-electron chi connectivity index (χ4n) is 1.68. The molecule has 0 bridgehead atoms. The van der Waals surface area contributed by atoms with Crippen LogP contribution in [0.3, 0.4) is 0 Å². The molecule has 0 aromatic heterocycles. The minimum Gasteiger partial charge on any atom is -0.387 e. The molecule has 2 N–H and O–H groups in total. The Kier molecular flexibility index (Phi) is 4.40. The van der Waals surface area contributed by atoms with Gasteiger partial charge in [0.15, 0.2) is 0 Å². The van der Waals surface area contributed by atoms with Crippen LogP contribution in [0.15, 0.2) is 48.5 Å². The molecular formula is C15H13ClN2O. The monoisotopic (exact) mass is 272 g/mol. The summed E-state index contributed by atoms with van der Waals surface area (Å²) in [6, 6.07) is 16.2. The maximum absolute atomic E-state index is 10.0. The quantitative estimate of drug-likeness (QED) is 0.897. The lowest BCUT2D eigenvalue weighted by atomic mass is 10.1. The SMILES string of the molecule is N#Cc1ccc(C(O)CNc2ccc(Cl)cc2)cc1. The molecule has 1 unspecified atom stereocenters. The van der Waals surface area contributed by atoms with Crippen LogP contribution in [0.2, 0.25) is 5.02 Å². The van der Waals surface area contributed by atoms with E-state index < -0.39 is 6.10 Å². The molecular weight excluding hydrogens is 260 g/mol. The predicted molar refractivity (Wildman–Crippen MR) is 76.1 cm³/mol. The summed E-state index contributed by atoms with van der Waals surface area (Å²) in [4.78, 5) is 0. The second-order valence-electron chi connectivity index (χ2n) is 4.14. The van der Waals surface area contributed by atoms with Crippen molar-refractivity contribution in [2.24, 2.45) is 0 Å². The van der Waals surface area contributed by atoms with Crippen molar-refractivity contribution >= 4 is 17.3 Å². The van der Waals surface area contributed by atoms with Crippen LogP contribution in [0.4, 0.5) is 5.69 Å². The zero-order valence-corrected chi connectivity index (χ0v) is 10.9. The van der Waals surface area contributed by atoms with Crippen LogP contribution in [0.5, 0.6) is 0 Å². The van der Waals surface area contributed by atoms with Crippen LogP contribution in [0, 0.1) is 11.3 Å². The number of hydrogen-bond donors (Lipinski definition) is 2. The Morgan fingerprint density at radius 3 is 2.32 bits per heavy atom. The van der Waals surface area contributed by atoms with Crippen molar-refractivity contribution in [2.75, 3.05) is 11.9 Å². The van der Waals surface area contributed by atoms with E-state index >= 15 is 0 Å². The van der Waals surface area contributed by atoms with Crippen molar-refractivity contribution in [1.29, 1.82) is 5.26 Å². The van der Waals surface area contributed by atoms with E-state index in [1.807, 2.05) is 18.2 Å². The molecule has 0 saturated heterocycles. The Hall–Kier alpha value is -2.02. The highest BCUT2D eigenvalue weighted by atomic mass is 35.5. The number of benzene rings is 2.